The first kappa shape index (κ1) is 13.8. The van der Waals surface area contributed by atoms with Crippen LogP contribution in [-0.4, -0.2) is 12.0 Å². The van der Waals surface area contributed by atoms with Crippen LogP contribution in [0.5, 0.6) is 0 Å². The Bertz CT molecular complexity index is 542. The molecule has 0 saturated carbocycles. The van der Waals surface area contributed by atoms with Crippen LogP contribution in [0.25, 0.3) is 0 Å². The van der Waals surface area contributed by atoms with Gasteiger partial charge in [0.25, 0.3) is 0 Å². The summed E-state index contributed by atoms with van der Waals surface area (Å²) in [6.45, 7) is 2.92. The van der Waals surface area contributed by atoms with Gasteiger partial charge < -0.3 is 4.90 Å². The second kappa shape index (κ2) is 6.04. The normalized spacial score (nSPS) is 10.7. The van der Waals surface area contributed by atoms with Gasteiger partial charge in [-0.25, -0.2) is 4.98 Å². The minimum atomic E-state index is 0.774. The summed E-state index contributed by atoms with van der Waals surface area (Å²) >= 11 is 11.2. The summed E-state index contributed by atoms with van der Waals surface area (Å²) in [6, 6.07) is 6.00. The molecule has 1 aromatic carbocycles. The molecule has 0 aliphatic carbocycles. The van der Waals surface area contributed by atoms with Crippen LogP contribution in [0.2, 0.25) is 5.02 Å². The third kappa shape index (κ3) is 3.05. The largest absolute Gasteiger partial charge is 0.369 e. The molecule has 0 amide bonds. The third-order valence-corrected chi connectivity index (χ3v) is 4.58. The highest BCUT2D eigenvalue weighted by Crippen LogP contribution is 2.27. The van der Waals surface area contributed by atoms with Crippen LogP contribution in [0.3, 0.4) is 0 Å². The maximum absolute atomic E-state index is 6.02. The molecule has 0 atom stereocenters. The molecule has 0 aliphatic heterocycles. The molecule has 0 radical (unpaired) electrons. The summed E-state index contributed by atoms with van der Waals surface area (Å²) in [4.78, 5) is 7.81. The Morgan fingerprint density at radius 2 is 2.22 bits per heavy atom. The van der Waals surface area contributed by atoms with Gasteiger partial charge in [0.1, 0.15) is 0 Å². The van der Waals surface area contributed by atoms with Crippen molar-refractivity contribution in [2.24, 2.45) is 0 Å². The van der Waals surface area contributed by atoms with Crippen molar-refractivity contribution < 1.29 is 0 Å². The van der Waals surface area contributed by atoms with E-state index in [0.29, 0.717) is 0 Å². The first-order valence-electron chi connectivity index (χ1n) is 5.56. The van der Waals surface area contributed by atoms with Crippen molar-refractivity contribution in [3.8, 4) is 0 Å². The second-order valence-electron chi connectivity index (χ2n) is 4.12. The lowest BCUT2D eigenvalue weighted by Crippen LogP contribution is -2.17. The van der Waals surface area contributed by atoms with Gasteiger partial charge in [-0.15, -0.1) is 11.3 Å². The lowest BCUT2D eigenvalue weighted by Gasteiger charge is -2.21. The minimum absolute atomic E-state index is 0.774. The molecule has 1 heterocycles. The standard InChI is InChI=1S/C13H14BrClN2S/c1-9-13(18-8-16-9)7-17(2)12-4-3-11(15)5-10(12)6-14/h3-5,8H,6-7H2,1-2H3. The Morgan fingerprint density at radius 3 is 2.83 bits per heavy atom. The van der Waals surface area contributed by atoms with Crippen LogP contribution in [0.4, 0.5) is 5.69 Å². The van der Waals surface area contributed by atoms with Crippen molar-refractivity contribution in [3.63, 3.8) is 0 Å². The molecular weight excluding hydrogens is 332 g/mol. The summed E-state index contributed by atoms with van der Waals surface area (Å²) in [5.41, 5.74) is 5.41. The zero-order valence-electron chi connectivity index (χ0n) is 10.3. The summed E-state index contributed by atoms with van der Waals surface area (Å²) in [5, 5.41) is 1.57. The number of alkyl halides is 1. The molecule has 0 bridgehead atoms. The van der Waals surface area contributed by atoms with Gasteiger partial charge in [-0.3, -0.25) is 0 Å². The smallest absolute Gasteiger partial charge is 0.0798 e. The number of rotatable bonds is 4. The van der Waals surface area contributed by atoms with Gasteiger partial charge in [0.05, 0.1) is 17.7 Å². The number of halogens is 2. The topological polar surface area (TPSA) is 16.1 Å². The van der Waals surface area contributed by atoms with Gasteiger partial charge in [-0.2, -0.15) is 0 Å². The summed E-state index contributed by atoms with van der Waals surface area (Å²) in [7, 11) is 2.09. The maximum Gasteiger partial charge on any atom is 0.0798 e. The highest BCUT2D eigenvalue weighted by Gasteiger charge is 2.10. The molecule has 0 saturated heterocycles. The highest BCUT2D eigenvalue weighted by atomic mass is 79.9. The van der Waals surface area contributed by atoms with Gasteiger partial charge >= 0.3 is 0 Å². The average molecular weight is 346 g/mol. The Kier molecular flexibility index (Phi) is 4.65. The average Bonchev–Trinajstić information content (AvgIpc) is 2.74. The van der Waals surface area contributed by atoms with Crippen molar-refractivity contribution in [1.29, 1.82) is 0 Å². The molecule has 0 N–H and O–H groups in total. The number of hydrogen-bond acceptors (Lipinski definition) is 3. The highest BCUT2D eigenvalue weighted by molar-refractivity contribution is 9.08. The summed E-state index contributed by atoms with van der Waals surface area (Å²) < 4.78 is 0. The fourth-order valence-electron chi connectivity index (χ4n) is 1.81. The van der Waals surface area contributed by atoms with Gasteiger partial charge in [0.15, 0.2) is 0 Å². The number of aryl methyl sites for hydroxylation is 1. The molecule has 1 aromatic heterocycles. The summed E-state index contributed by atoms with van der Waals surface area (Å²) in [6.07, 6.45) is 0. The first-order valence-corrected chi connectivity index (χ1v) is 7.94. The lowest BCUT2D eigenvalue weighted by atomic mass is 10.2. The van der Waals surface area contributed by atoms with E-state index in [1.165, 1.54) is 16.1 Å². The van der Waals surface area contributed by atoms with Crippen molar-refractivity contribution in [2.45, 2.75) is 18.8 Å². The predicted octanol–water partition coefficient (Wildman–Crippen LogP) is 4.64. The Balaban J connectivity index is 2.23. The molecule has 0 spiro atoms. The predicted molar refractivity (Wildman–Crippen MR) is 83.0 cm³/mol. The number of thiazole rings is 1. The number of hydrogen-bond donors (Lipinski definition) is 0. The van der Waals surface area contributed by atoms with Crippen molar-refractivity contribution >= 4 is 44.6 Å². The van der Waals surface area contributed by atoms with E-state index in [1.54, 1.807) is 11.3 Å². The van der Waals surface area contributed by atoms with Crippen molar-refractivity contribution in [3.05, 3.63) is 44.9 Å². The van der Waals surface area contributed by atoms with E-state index in [9.17, 15) is 0 Å². The van der Waals surface area contributed by atoms with Gasteiger partial charge in [-0.05, 0) is 30.7 Å². The van der Waals surface area contributed by atoms with E-state index in [-0.39, 0.29) is 0 Å². The van der Waals surface area contributed by atoms with Crippen LogP contribution in [-0.2, 0) is 11.9 Å². The number of aromatic nitrogens is 1. The van der Waals surface area contributed by atoms with Crippen LogP contribution >= 0.6 is 38.9 Å². The minimum Gasteiger partial charge on any atom is -0.369 e. The molecule has 0 unspecified atom stereocenters. The second-order valence-corrected chi connectivity index (χ2v) is 6.06. The molecular formula is C13H14BrClN2S. The fourth-order valence-corrected chi connectivity index (χ4v) is 3.29. The molecule has 96 valence electrons. The van der Waals surface area contributed by atoms with Crippen LogP contribution in [0.1, 0.15) is 16.1 Å². The van der Waals surface area contributed by atoms with Gasteiger partial charge in [0.2, 0.25) is 0 Å². The zero-order valence-corrected chi connectivity index (χ0v) is 13.4. The molecule has 18 heavy (non-hydrogen) atoms. The Morgan fingerprint density at radius 1 is 1.44 bits per heavy atom. The van der Waals surface area contributed by atoms with Crippen molar-refractivity contribution in [1.82, 2.24) is 4.98 Å². The molecule has 0 aliphatic rings. The van der Waals surface area contributed by atoms with E-state index >= 15 is 0 Å². The van der Waals surface area contributed by atoms with E-state index < -0.39 is 0 Å². The quantitative estimate of drug-likeness (QED) is 0.751. The Labute approximate surface area is 125 Å². The maximum atomic E-state index is 6.02. The third-order valence-electron chi connectivity index (χ3n) is 2.82. The molecule has 2 rings (SSSR count). The van der Waals surface area contributed by atoms with Crippen LogP contribution in [0.15, 0.2) is 23.7 Å². The molecule has 5 heteroatoms. The van der Waals surface area contributed by atoms with Crippen LogP contribution in [0, 0.1) is 6.92 Å². The molecule has 2 aromatic rings. The number of nitrogens with zero attached hydrogens (tertiary/aromatic N) is 2. The van der Waals surface area contributed by atoms with Gasteiger partial charge in [0, 0.05) is 28.0 Å². The summed E-state index contributed by atoms with van der Waals surface area (Å²) in [5.74, 6) is 0. The van der Waals surface area contributed by atoms with E-state index in [0.717, 1.165) is 22.6 Å². The van der Waals surface area contributed by atoms with E-state index in [2.05, 4.69) is 38.9 Å². The molecule has 0 fully saturated rings. The first-order chi connectivity index (χ1) is 8.61. The van der Waals surface area contributed by atoms with Crippen LogP contribution < -0.4 is 4.90 Å². The Hall–Kier alpha value is -0.580. The monoisotopic (exact) mass is 344 g/mol. The lowest BCUT2D eigenvalue weighted by molar-refractivity contribution is 0.920. The van der Waals surface area contributed by atoms with Crippen molar-refractivity contribution in [2.75, 3.05) is 11.9 Å². The number of benzene rings is 1. The molecule has 2 nitrogen and oxygen atoms in total. The SMILES string of the molecule is Cc1ncsc1CN(C)c1ccc(Cl)cc1CBr. The number of anilines is 1. The zero-order chi connectivity index (χ0) is 13.1. The fraction of sp³-hybridized carbons (Fsp3) is 0.308. The van der Waals surface area contributed by atoms with E-state index in [1.807, 2.05) is 24.6 Å². The van der Waals surface area contributed by atoms with E-state index in [4.69, 9.17) is 11.6 Å². The van der Waals surface area contributed by atoms with Gasteiger partial charge in [-0.1, -0.05) is 27.5 Å².